The van der Waals surface area contributed by atoms with Gasteiger partial charge in [-0.05, 0) is 126 Å². The average Bonchev–Trinajstić information content (AvgIpc) is 3.85. The second-order valence-electron chi connectivity index (χ2n) is 19.5. The van der Waals surface area contributed by atoms with Crippen LogP contribution in [0.3, 0.4) is 0 Å². The molecule has 1 aliphatic heterocycles. The molecule has 14 rings (SSSR count). The van der Waals surface area contributed by atoms with Gasteiger partial charge in [-0.3, -0.25) is 0 Å². The number of fused-ring (bicyclic) bond motifs is 13. The first kappa shape index (κ1) is 40.4. The summed E-state index contributed by atoms with van der Waals surface area (Å²) < 4.78 is 0. The van der Waals surface area contributed by atoms with E-state index in [0.717, 1.165) is 22.7 Å². The molecule has 1 heterocycles. The smallest absolute Gasteiger partial charge is 0.0755 e. The van der Waals surface area contributed by atoms with E-state index >= 15 is 0 Å². The van der Waals surface area contributed by atoms with Gasteiger partial charge in [0.2, 0.25) is 0 Å². The van der Waals surface area contributed by atoms with Crippen molar-refractivity contribution in [3.8, 4) is 44.5 Å². The predicted octanol–water partition coefficient (Wildman–Crippen LogP) is 18.1. The summed E-state index contributed by atoms with van der Waals surface area (Å²) in [6.07, 6.45) is 0. The quantitative estimate of drug-likeness (QED) is 0.164. The van der Waals surface area contributed by atoms with Crippen molar-refractivity contribution in [3.63, 3.8) is 0 Å². The van der Waals surface area contributed by atoms with Crippen LogP contribution in [0.5, 0.6) is 0 Å². The van der Waals surface area contributed by atoms with Gasteiger partial charge in [0.15, 0.2) is 0 Å². The van der Waals surface area contributed by atoms with Crippen LogP contribution < -0.4 is 9.80 Å². The minimum Gasteiger partial charge on any atom is -0.310 e. The van der Waals surface area contributed by atoms with Crippen molar-refractivity contribution in [3.05, 3.63) is 288 Å². The maximum absolute atomic E-state index is 2.58. The van der Waals surface area contributed by atoms with E-state index in [2.05, 4.69) is 278 Å². The van der Waals surface area contributed by atoms with Crippen LogP contribution in [0, 0.1) is 0 Å². The first-order valence-electron chi connectivity index (χ1n) is 24.5. The lowest BCUT2D eigenvalue weighted by Crippen LogP contribution is -2.36. The summed E-state index contributed by atoms with van der Waals surface area (Å²) >= 11 is 0. The molecule has 70 heavy (non-hydrogen) atoms. The van der Waals surface area contributed by atoms with E-state index in [1.54, 1.807) is 0 Å². The molecule has 3 aliphatic rings. The second-order valence-corrected chi connectivity index (χ2v) is 19.5. The SMILES string of the molecule is CC1(C)c2ccccc2-c2ccc(N(c3ccccc3-c3ccccc3-c3cccc4ccccc34)c3cccc4c3-c3ccccc3C43c4ccccc4N(c4ccccc4)c4ccccc43)cc21. The average molecular weight is 893 g/mol. The second kappa shape index (κ2) is 15.4. The highest BCUT2D eigenvalue weighted by Gasteiger charge is 2.52. The van der Waals surface area contributed by atoms with Crippen molar-refractivity contribution >= 4 is 44.9 Å². The van der Waals surface area contributed by atoms with Gasteiger partial charge in [-0.15, -0.1) is 0 Å². The molecule has 0 bridgehead atoms. The summed E-state index contributed by atoms with van der Waals surface area (Å²) in [5.41, 5.74) is 23.9. The van der Waals surface area contributed by atoms with Crippen molar-refractivity contribution in [2.75, 3.05) is 9.80 Å². The Morgan fingerprint density at radius 3 is 1.59 bits per heavy atom. The minimum absolute atomic E-state index is 0.191. The highest BCUT2D eigenvalue weighted by atomic mass is 15.2. The molecule has 2 aliphatic carbocycles. The van der Waals surface area contributed by atoms with Crippen molar-refractivity contribution in [2.45, 2.75) is 24.7 Å². The van der Waals surface area contributed by atoms with Crippen LogP contribution in [0.4, 0.5) is 34.1 Å². The summed E-state index contributed by atoms with van der Waals surface area (Å²) in [7, 11) is 0. The summed E-state index contributed by atoms with van der Waals surface area (Å²) in [6.45, 7) is 4.77. The van der Waals surface area contributed by atoms with Crippen LogP contribution in [0.15, 0.2) is 255 Å². The lowest BCUT2D eigenvalue weighted by molar-refractivity contribution is 0.660. The zero-order chi connectivity index (χ0) is 46.6. The van der Waals surface area contributed by atoms with Gasteiger partial charge < -0.3 is 9.80 Å². The normalized spacial score (nSPS) is 14.1. The molecule has 0 aromatic heterocycles. The molecule has 1 spiro atoms. The number of hydrogen-bond acceptors (Lipinski definition) is 2. The Bertz CT molecular complexity index is 3840. The molecule has 0 N–H and O–H groups in total. The van der Waals surface area contributed by atoms with Gasteiger partial charge in [-0.1, -0.05) is 220 Å². The Hall–Kier alpha value is -8.72. The fourth-order valence-corrected chi connectivity index (χ4v) is 12.7. The monoisotopic (exact) mass is 892 g/mol. The molecular weight excluding hydrogens is 845 g/mol. The lowest BCUT2D eigenvalue weighted by Gasteiger charge is -2.45. The number of para-hydroxylation sites is 4. The number of rotatable bonds is 6. The van der Waals surface area contributed by atoms with E-state index in [4.69, 9.17) is 0 Å². The van der Waals surface area contributed by atoms with Gasteiger partial charge in [0.1, 0.15) is 0 Å². The molecule has 11 aromatic carbocycles. The topological polar surface area (TPSA) is 6.48 Å². The Balaban J connectivity index is 1.06. The Morgan fingerprint density at radius 1 is 0.329 bits per heavy atom. The van der Waals surface area contributed by atoms with Gasteiger partial charge in [0, 0.05) is 27.9 Å². The molecule has 330 valence electrons. The van der Waals surface area contributed by atoms with Crippen LogP contribution in [0.25, 0.3) is 55.3 Å². The lowest BCUT2D eigenvalue weighted by atomic mass is 9.64. The molecule has 0 unspecified atom stereocenters. The van der Waals surface area contributed by atoms with Crippen molar-refractivity contribution in [1.82, 2.24) is 0 Å². The van der Waals surface area contributed by atoms with Crippen LogP contribution in [-0.2, 0) is 10.8 Å². The summed E-state index contributed by atoms with van der Waals surface area (Å²) in [5.74, 6) is 0. The first-order chi connectivity index (χ1) is 34.5. The van der Waals surface area contributed by atoms with E-state index in [-0.39, 0.29) is 5.41 Å². The van der Waals surface area contributed by atoms with E-state index in [9.17, 15) is 0 Å². The Kier molecular flexibility index (Phi) is 8.88. The van der Waals surface area contributed by atoms with Gasteiger partial charge in [-0.2, -0.15) is 0 Å². The maximum Gasteiger partial charge on any atom is 0.0755 e. The predicted molar refractivity (Wildman–Crippen MR) is 293 cm³/mol. The molecule has 0 saturated carbocycles. The molecule has 0 fully saturated rings. The molecular formula is C68H48N2. The fourth-order valence-electron chi connectivity index (χ4n) is 12.7. The summed E-state index contributed by atoms with van der Waals surface area (Å²) in [6, 6.07) is 95.0. The summed E-state index contributed by atoms with van der Waals surface area (Å²) in [5, 5.41) is 2.48. The molecule has 2 nitrogen and oxygen atoms in total. The highest BCUT2D eigenvalue weighted by molar-refractivity contribution is 6.06. The maximum atomic E-state index is 2.58. The van der Waals surface area contributed by atoms with E-state index in [0.29, 0.717) is 0 Å². The van der Waals surface area contributed by atoms with Crippen LogP contribution in [0.1, 0.15) is 47.2 Å². The molecule has 2 heteroatoms. The van der Waals surface area contributed by atoms with Crippen LogP contribution in [0.2, 0.25) is 0 Å². The van der Waals surface area contributed by atoms with Gasteiger partial charge in [-0.25, -0.2) is 0 Å². The largest absolute Gasteiger partial charge is 0.310 e. The molecule has 0 atom stereocenters. The van der Waals surface area contributed by atoms with Crippen molar-refractivity contribution in [1.29, 1.82) is 0 Å². The third-order valence-electron chi connectivity index (χ3n) is 15.7. The van der Waals surface area contributed by atoms with Gasteiger partial charge in [0.25, 0.3) is 0 Å². The van der Waals surface area contributed by atoms with E-state index in [1.165, 1.54) is 100 Å². The molecule has 0 saturated heterocycles. The third-order valence-corrected chi connectivity index (χ3v) is 15.7. The van der Waals surface area contributed by atoms with Crippen molar-refractivity contribution < 1.29 is 0 Å². The van der Waals surface area contributed by atoms with Crippen molar-refractivity contribution in [2.24, 2.45) is 0 Å². The van der Waals surface area contributed by atoms with Gasteiger partial charge in [0.05, 0.1) is 28.2 Å². The number of benzene rings is 11. The molecule has 0 amide bonds. The van der Waals surface area contributed by atoms with Gasteiger partial charge >= 0.3 is 0 Å². The van der Waals surface area contributed by atoms with E-state index in [1.807, 2.05) is 0 Å². The highest BCUT2D eigenvalue weighted by Crippen LogP contribution is 2.65. The zero-order valence-electron chi connectivity index (χ0n) is 39.1. The minimum atomic E-state index is -0.603. The molecule has 11 aromatic rings. The Morgan fingerprint density at radius 2 is 0.829 bits per heavy atom. The number of nitrogens with zero attached hydrogens (tertiary/aromatic N) is 2. The molecule has 0 radical (unpaired) electrons. The first-order valence-corrected chi connectivity index (χ1v) is 24.5. The Labute approximate surface area is 410 Å². The van der Waals surface area contributed by atoms with E-state index < -0.39 is 5.41 Å². The summed E-state index contributed by atoms with van der Waals surface area (Å²) in [4.78, 5) is 5.04. The standard InChI is InChI=1S/C68H48N2/c1-67(2)56-33-13-10-29-52(56)53-43-42-47(44-61(53)67)70(62-38-17-12-30-54(62)51-28-9-8-27-50(51)49-32-20-23-45-22-6-7-26-48(45)49)65-41-21-37-60-66(65)55-31-11-14-34-57(55)68(60)58-35-15-18-39-63(58)69(46-24-4-3-5-25-46)64-40-19-16-36-59(64)68/h3-44H,1-2H3. The zero-order valence-corrected chi connectivity index (χ0v) is 39.1. The van der Waals surface area contributed by atoms with Crippen LogP contribution >= 0.6 is 0 Å². The number of anilines is 6. The third kappa shape index (κ3) is 5.62. The fraction of sp³-hybridized carbons (Fsp3) is 0.0588. The number of hydrogen-bond donors (Lipinski definition) is 0. The van der Waals surface area contributed by atoms with Crippen LogP contribution in [-0.4, -0.2) is 0 Å².